The number of fused-ring (bicyclic) bond motifs is 15. The zero-order chi connectivity index (χ0) is 70.1. The quantitative estimate of drug-likeness (QED) is 0.0995. The fourth-order valence-corrected chi connectivity index (χ4v) is 18.9. The Hall–Kier alpha value is -12.1. The summed E-state index contributed by atoms with van der Waals surface area (Å²) in [5.41, 5.74) is 37.4. The molecule has 0 bridgehead atoms. The summed E-state index contributed by atoms with van der Waals surface area (Å²) in [7, 11) is 0. The fourth-order valence-electron chi connectivity index (χ4n) is 18.9. The van der Waals surface area contributed by atoms with E-state index in [1.807, 2.05) is 0 Å². The third-order valence-corrected chi connectivity index (χ3v) is 24.4. The molecule has 4 aliphatic rings. The van der Waals surface area contributed by atoms with Gasteiger partial charge in [0.05, 0.1) is 11.4 Å². The van der Waals surface area contributed by atoms with Gasteiger partial charge in [-0.1, -0.05) is 298 Å². The highest BCUT2D eigenvalue weighted by Gasteiger charge is 2.41. The number of hydrogen-bond acceptors (Lipinski definition) is 2. The van der Waals surface area contributed by atoms with E-state index in [1.54, 1.807) is 0 Å². The number of para-hydroxylation sites is 1. The number of anilines is 6. The standard InChI is InChI=1S/C102H78N2/c1-99(2)89-38-20-18-32-77(89)79-48-43-69(59-91(79)99)71-45-52-83-81-50-41-67(57-93(81)101(5,6)95(83)61-71)65-26-22-30-74(55-65)104(98-87-36-16-14-34-85(87)97(86-35-15-17-37-88(86)98)103(73-28-10-9-11-29-73)76-47-40-63-24-12-13-25-64(63)54-76)75-31-23-27-66(56-75)68-42-51-82-84-53-46-72(62-96(84)102(7,8)94(82)58-68)70-44-49-80-78-33-19-21-39-90(78)100(3,4)92(80)60-70/h9-62H,1-8H3. The Kier molecular flexibility index (Phi) is 13.5. The minimum atomic E-state index is -0.250. The minimum absolute atomic E-state index is 0.0726. The summed E-state index contributed by atoms with van der Waals surface area (Å²) in [6.45, 7) is 19.2. The third kappa shape index (κ3) is 9.20. The van der Waals surface area contributed by atoms with Gasteiger partial charge in [-0.3, -0.25) is 0 Å². The Balaban J connectivity index is 0.716. The molecule has 0 unspecified atom stereocenters. The SMILES string of the molecule is CC1(C)c2ccccc2-c2ccc(-c3ccc4c(c3)C(C)(C)c3cc(-c5cccc(N(c6cccc(-c7ccc8c(c7)C(C)(C)c7cc(-c9ccc%10c(c9)C(C)(C)c9ccccc9-%10)ccc7-8)c6)c6c7ccccc7c(N(c7ccccc7)c7ccc8ccccc8c7)c7ccccc67)c5)ccc3-4)cc21. The molecule has 16 aromatic rings. The first-order chi connectivity index (χ1) is 50.6. The summed E-state index contributed by atoms with van der Waals surface area (Å²) in [5, 5.41) is 7.01. The highest BCUT2D eigenvalue weighted by Crippen LogP contribution is 2.58. The number of nitrogens with zero attached hydrogens (tertiary/aromatic N) is 2. The summed E-state index contributed by atoms with van der Waals surface area (Å²) in [4.78, 5) is 5.04. The second kappa shape index (κ2) is 22.7. The molecule has 20 rings (SSSR count). The van der Waals surface area contributed by atoms with E-state index in [1.165, 1.54) is 133 Å². The number of rotatable bonds is 10. The van der Waals surface area contributed by atoms with E-state index >= 15 is 0 Å². The van der Waals surface area contributed by atoms with Crippen molar-refractivity contribution in [1.29, 1.82) is 0 Å². The van der Waals surface area contributed by atoms with Crippen LogP contribution in [0.2, 0.25) is 0 Å². The molecule has 0 atom stereocenters. The lowest BCUT2D eigenvalue weighted by molar-refractivity contribution is 0.659. The first kappa shape index (κ1) is 61.7. The Morgan fingerprint density at radius 1 is 0.173 bits per heavy atom. The van der Waals surface area contributed by atoms with E-state index in [2.05, 4.69) is 393 Å². The Labute approximate surface area is 610 Å². The van der Waals surface area contributed by atoms with Gasteiger partial charge in [-0.2, -0.15) is 0 Å². The zero-order valence-electron chi connectivity index (χ0n) is 60.1. The monoisotopic (exact) mass is 1330 g/mol. The lowest BCUT2D eigenvalue weighted by Gasteiger charge is -2.33. The van der Waals surface area contributed by atoms with Gasteiger partial charge in [0.1, 0.15) is 0 Å². The third-order valence-electron chi connectivity index (χ3n) is 24.4. The summed E-state index contributed by atoms with van der Waals surface area (Å²) >= 11 is 0. The van der Waals surface area contributed by atoms with E-state index in [4.69, 9.17) is 0 Å². The smallest absolute Gasteiger partial charge is 0.0619 e. The topological polar surface area (TPSA) is 6.48 Å². The van der Waals surface area contributed by atoms with Crippen LogP contribution in [-0.4, -0.2) is 0 Å². The average molecular weight is 1330 g/mol. The molecule has 16 aromatic carbocycles. The van der Waals surface area contributed by atoms with Crippen LogP contribution in [-0.2, 0) is 21.7 Å². The summed E-state index contributed by atoms with van der Waals surface area (Å²) < 4.78 is 0. The normalized spacial score (nSPS) is 14.7. The van der Waals surface area contributed by atoms with Crippen LogP contribution in [0, 0.1) is 0 Å². The zero-order valence-corrected chi connectivity index (χ0v) is 60.1. The van der Waals surface area contributed by atoms with Crippen LogP contribution in [0.1, 0.15) is 99.9 Å². The van der Waals surface area contributed by atoms with Gasteiger partial charge in [0.15, 0.2) is 0 Å². The van der Waals surface area contributed by atoms with Crippen LogP contribution in [0.4, 0.5) is 34.1 Å². The highest BCUT2D eigenvalue weighted by atomic mass is 15.2. The molecule has 0 aromatic heterocycles. The van der Waals surface area contributed by atoms with E-state index in [9.17, 15) is 0 Å². The van der Waals surface area contributed by atoms with E-state index in [0.717, 1.165) is 66.8 Å². The van der Waals surface area contributed by atoms with Crippen LogP contribution in [0.3, 0.4) is 0 Å². The molecule has 0 aliphatic heterocycles. The van der Waals surface area contributed by atoms with E-state index < -0.39 is 0 Å². The maximum absolute atomic E-state index is 2.56. The average Bonchev–Trinajstić information content (AvgIpc) is 0.925. The largest absolute Gasteiger partial charge is 0.309 e. The van der Waals surface area contributed by atoms with Crippen molar-refractivity contribution in [3.63, 3.8) is 0 Å². The Bertz CT molecular complexity index is 5990. The summed E-state index contributed by atoms with van der Waals surface area (Å²) in [6, 6.07) is 124. The van der Waals surface area contributed by atoms with Gasteiger partial charge in [0.2, 0.25) is 0 Å². The van der Waals surface area contributed by atoms with Gasteiger partial charge in [0, 0.05) is 66.0 Å². The summed E-state index contributed by atoms with van der Waals surface area (Å²) in [5.74, 6) is 0. The van der Waals surface area contributed by atoms with Gasteiger partial charge >= 0.3 is 0 Å². The maximum Gasteiger partial charge on any atom is 0.0619 e. The van der Waals surface area contributed by atoms with Crippen LogP contribution < -0.4 is 9.80 Å². The molecule has 0 saturated carbocycles. The molecule has 0 heterocycles. The maximum atomic E-state index is 2.56. The van der Waals surface area contributed by atoms with Gasteiger partial charge in [0.25, 0.3) is 0 Å². The first-order valence-corrected chi connectivity index (χ1v) is 36.9. The molecule has 496 valence electrons. The van der Waals surface area contributed by atoms with E-state index in [0.29, 0.717) is 0 Å². The molecule has 0 N–H and O–H groups in total. The molecule has 4 aliphatic carbocycles. The van der Waals surface area contributed by atoms with Crippen molar-refractivity contribution >= 4 is 66.4 Å². The van der Waals surface area contributed by atoms with Crippen molar-refractivity contribution in [3.8, 4) is 89.0 Å². The molecule has 0 fully saturated rings. The second-order valence-electron chi connectivity index (χ2n) is 31.6. The molecule has 0 amide bonds. The van der Waals surface area contributed by atoms with Gasteiger partial charge in [-0.05, 0) is 229 Å². The molecular formula is C102H78N2. The highest BCUT2D eigenvalue weighted by molar-refractivity contribution is 6.23. The molecule has 0 spiro atoms. The second-order valence-corrected chi connectivity index (χ2v) is 31.6. The van der Waals surface area contributed by atoms with Crippen LogP contribution in [0.15, 0.2) is 328 Å². The van der Waals surface area contributed by atoms with Crippen molar-refractivity contribution in [3.05, 3.63) is 372 Å². The lowest BCUT2D eigenvalue weighted by Crippen LogP contribution is -2.15. The first-order valence-electron chi connectivity index (χ1n) is 36.9. The Morgan fingerprint density at radius 2 is 0.442 bits per heavy atom. The van der Waals surface area contributed by atoms with Crippen LogP contribution >= 0.6 is 0 Å². The number of benzene rings is 16. The molecule has 0 saturated heterocycles. The minimum Gasteiger partial charge on any atom is -0.309 e. The van der Waals surface area contributed by atoms with E-state index in [-0.39, 0.29) is 21.7 Å². The van der Waals surface area contributed by atoms with Gasteiger partial charge in [-0.25, -0.2) is 0 Å². The van der Waals surface area contributed by atoms with Gasteiger partial charge in [-0.15, -0.1) is 0 Å². The predicted octanol–water partition coefficient (Wildman–Crippen LogP) is 28.0. The van der Waals surface area contributed by atoms with Crippen molar-refractivity contribution < 1.29 is 0 Å². The predicted molar refractivity (Wildman–Crippen MR) is 440 cm³/mol. The lowest BCUT2D eigenvalue weighted by atomic mass is 9.80. The Morgan fingerprint density at radius 3 is 0.817 bits per heavy atom. The molecule has 2 heteroatoms. The van der Waals surface area contributed by atoms with Gasteiger partial charge < -0.3 is 9.80 Å². The molecular weight excluding hydrogens is 1250 g/mol. The fraction of sp³-hybridized carbons (Fsp3) is 0.118. The van der Waals surface area contributed by atoms with Crippen molar-refractivity contribution in [1.82, 2.24) is 0 Å². The summed E-state index contributed by atoms with van der Waals surface area (Å²) in [6.07, 6.45) is 0. The van der Waals surface area contributed by atoms with Crippen LogP contribution in [0.25, 0.3) is 121 Å². The van der Waals surface area contributed by atoms with Crippen molar-refractivity contribution in [2.75, 3.05) is 9.80 Å². The molecule has 2 nitrogen and oxygen atoms in total. The molecule has 104 heavy (non-hydrogen) atoms. The molecule has 0 radical (unpaired) electrons. The van der Waals surface area contributed by atoms with Crippen LogP contribution in [0.5, 0.6) is 0 Å². The van der Waals surface area contributed by atoms with Crippen molar-refractivity contribution in [2.24, 2.45) is 0 Å². The van der Waals surface area contributed by atoms with Crippen molar-refractivity contribution in [2.45, 2.75) is 77.0 Å². The number of hydrogen-bond donors (Lipinski definition) is 0.